The number of benzene rings is 3. The lowest BCUT2D eigenvalue weighted by Gasteiger charge is -2.38. The number of aliphatic hydroxyl groups is 1. The fourth-order valence-electron chi connectivity index (χ4n) is 6.26. The third-order valence-electron chi connectivity index (χ3n) is 8.64. The predicted molar refractivity (Wildman–Crippen MR) is 166 cm³/mol. The van der Waals surface area contributed by atoms with Crippen LogP contribution in [0.25, 0.3) is 10.8 Å². The number of quaternary nitrogens is 1. The maximum atomic E-state index is 13.4. The van der Waals surface area contributed by atoms with Crippen molar-refractivity contribution in [1.29, 1.82) is 0 Å². The number of piperazine rings is 1. The average Bonchev–Trinajstić information content (AvgIpc) is 3.33. The first-order valence-electron chi connectivity index (χ1n) is 15.2. The minimum absolute atomic E-state index is 0.303. The van der Waals surface area contributed by atoms with Gasteiger partial charge in [-0.15, -0.1) is 0 Å². The van der Waals surface area contributed by atoms with Crippen LogP contribution in [-0.4, -0.2) is 83.2 Å². The van der Waals surface area contributed by atoms with Crippen LogP contribution in [0.4, 0.5) is 30.2 Å². The first-order chi connectivity index (χ1) is 22.1. The number of carboxylic acid groups (broad SMARTS) is 2. The molecule has 0 amide bonds. The lowest BCUT2D eigenvalue weighted by Crippen LogP contribution is -2.60. The average molecular weight is 657 g/mol. The van der Waals surface area contributed by atoms with E-state index < -0.39 is 58.8 Å². The van der Waals surface area contributed by atoms with Gasteiger partial charge in [0.2, 0.25) is 5.69 Å². The van der Waals surface area contributed by atoms with E-state index in [-0.39, 0.29) is 0 Å². The minimum atomic E-state index is -4.44. The number of amidine groups is 1. The Labute approximate surface area is 268 Å². The highest BCUT2D eigenvalue weighted by Gasteiger charge is 2.53. The van der Waals surface area contributed by atoms with Crippen LogP contribution in [0.1, 0.15) is 38.7 Å². The highest BCUT2D eigenvalue weighted by Crippen LogP contribution is 2.48. The third-order valence-corrected chi connectivity index (χ3v) is 8.64. The van der Waals surface area contributed by atoms with E-state index in [0.717, 1.165) is 22.9 Å². The zero-order chi connectivity index (χ0) is 34.1. The van der Waals surface area contributed by atoms with Crippen LogP contribution in [0.2, 0.25) is 0 Å². The van der Waals surface area contributed by atoms with Gasteiger partial charge >= 0.3 is 18.1 Å². The van der Waals surface area contributed by atoms with E-state index in [9.17, 15) is 37.8 Å². The number of carboxylic acids is 2. The summed E-state index contributed by atoms with van der Waals surface area (Å²) in [6.07, 6.45) is -6.57. The predicted octanol–water partition coefficient (Wildman–Crippen LogP) is 3.63. The molecule has 2 aliphatic rings. The standard InChI is InChI=1S/C33H35F3N4O7/c1-21(2)40(47-29(43)20-32(46,31(44)45)19-28(41)42)27(37-26-11-10-22-6-3-4-9-25(22)30(26)40)12-13-38-14-16-39(17-15-38)24-8-5-7-23(18-24)33(34,35)36/h3-11,18,21,46H,12-17,19-20H2,1-2H3,(H-,41,42,44,45). The Bertz CT molecular complexity index is 1720. The van der Waals surface area contributed by atoms with Crippen molar-refractivity contribution >= 4 is 51.6 Å². The number of hydrogen-bond donors (Lipinski definition) is 2. The summed E-state index contributed by atoms with van der Waals surface area (Å²) < 4.78 is 39.2. The van der Waals surface area contributed by atoms with Crippen LogP contribution in [0.5, 0.6) is 0 Å². The van der Waals surface area contributed by atoms with Gasteiger partial charge in [0.25, 0.3) is 5.84 Å². The highest BCUT2D eigenvalue weighted by molar-refractivity contribution is 6.11. The van der Waals surface area contributed by atoms with Gasteiger partial charge in [0.15, 0.2) is 0 Å². The SMILES string of the molecule is CC(C)[N+]1(OC(=O)CC(O)(CC(=O)O)C(=O)[O-])C(CCN2CCN(c3cccc(C(F)(F)F)c3)CC2)=Nc2ccc3ccccc3c21. The first kappa shape index (κ1) is 33.8. The maximum absolute atomic E-state index is 13.4. The summed E-state index contributed by atoms with van der Waals surface area (Å²) in [6.45, 7) is 6.15. The first-order valence-corrected chi connectivity index (χ1v) is 15.2. The van der Waals surface area contributed by atoms with E-state index >= 15 is 0 Å². The second-order valence-electron chi connectivity index (χ2n) is 12.1. The van der Waals surface area contributed by atoms with Crippen LogP contribution in [-0.2, 0) is 25.4 Å². The molecule has 47 heavy (non-hydrogen) atoms. The van der Waals surface area contributed by atoms with E-state index in [4.69, 9.17) is 14.9 Å². The summed E-state index contributed by atoms with van der Waals surface area (Å²) >= 11 is 0. The molecule has 250 valence electrons. The number of carbonyl (C=O) groups is 3. The molecule has 0 radical (unpaired) electrons. The van der Waals surface area contributed by atoms with Crippen LogP contribution >= 0.6 is 0 Å². The summed E-state index contributed by atoms with van der Waals surface area (Å²) in [4.78, 5) is 51.4. The number of nitrogens with zero attached hydrogens (tertiary/aromatic N) is 4. The molecule has 0 saturated carbocycles. The van der Waals surface area contributed by atoms with Crippen LogP contribution in [0.15, 0.2) is 65.7 Å². The molecule has 3 aromatic rings. The lowest BCUT2D eigenvalue weighted by molar-refractivity contribution is -0.325. The number of aliphatic carboxylic acids is 2. The van der Waals surface area contributed by atoms with Crippen molar-refractivity contribution in [1.82, 2.24) is 9.55 Å². The fourth-order valence-corrected chi connectivity index (χ4v) is 6.26. The minimum Gasteiger partial charge on any atom is -0.547 e. The largest absolute Gasteiger partial charge is 0.547 e. The summed E-state index contributed by atoms with van der Waals surface area (Å²) in [5.41, 5.74) is -2.13. The highest BCUT2D eigenvalue weighted by atomic mass is 19.4. The number of carbonyl (C=O) groups excluding carboxylic acids is 2. The van der Waals surface area contributed by atoms with Gasteiger partial charge < -0.3 is 25.0 Å². The van der Waals surface area contributed by atoms with E-state index in [1.165, 1.54) is 6.07 Å². The summed E-state index contributed by atoms with van der Waals surface area (Å²) in [7, 11) is 0. The van der Waals surface area contributed by atoms with Crippen molar-refractivity contribution in [3.05, 3.63) is 66.2 Å². The molecule has 0 aliphatic carbocycles. The molecule has 2 heterocycles. The molecule has 1 saturated heterocycles. The van der Waals surface area contributed by atoms with E-state index in [0.29, 0.717) is 62.0 Å². The van der Waals surface area contributed by atoms with Crippen molar-refractivity contribution in [2.75, 3.05) is 37.6 Å². The van der Waals surface area contributed by atoms with Gasteiger partial charge in [-0.2, -0.15) is 18.2 Å². The molecule has 0 bridgehead atoms. The zero-order valence-electron chi connectivity index (χ0n) is 25.9. The second-order valence-corrected chi connectivity index (χ2v) is 12.1. The molecule has 2 atom stereocenters. The van der Waals surface area contributed by atoms with Gasteiger partial charge in [-0.05, 0) is 49.6 Å². The molecule has 14 heteroatoms. The monoisotopic (exact) mass is 656 g/mol. The topological polar surface area (TPSA) is 143 Å². The van der Waals surface area contributed by atoms with Gasteiger partial charge in [0.1, 0.15) is 17.3 Å². The van der Waals surface area contributed by atoms with Crippen molar-refractivity contribution in [2.45, 2.75) is 50.9 Å². The van der Waals surface area contributed by atoms with Crippen molar-refractivity contribution in [3.8, 4) is 0 Å². The summed E-state index contributed by atoms with van der Waals surface area (Å²) in [5, 5.41) is 33.0. The second kappa shape index (κ2) is 12.9. The Morgan fingerprint density at radius 3 is 2.34 bits per heavy atom. The van der Waals surface area contributed by atoms with Crippen molar-refractivity contribution in [3.63, 3.8) is 0 Å². The number of halogens is 3. The Balaban J connectivity index is 1.39. The quantitative estimate of drug-likeness (QED) is 0.296. The van der Waals surface area contributed by atoms with E-state index in [1.807, 2.05) is 35.2 Å². The number of fused-ring (bicyclic) bond motifs is 3. The lowest BCUT2D eigenvalue weighted by atomic mass is 9.96. The van der Waals surface area contributed by atoms with E-state index in [2.05, 4.69) is 4.90 Å². The van der Waals surface area contributed by atoms with Gasteiger partial charge in [-0.3, -0.25) is 14.5 Å². The molecule has 3 aromatic carbocycles. The Hall–Kier alpha value is -4.53. The third kappa shape index (κ3) is 6.80. The molecule has 2 N–H and O–H groups in total. The molecular weight excluding hydrogens is 621 g/mol. The zero-order valence-corrected chi connectivity index (χ0v) is 25.9. The van der Waals surface area contributed by atoms with Crippen LogP contribution < -0.4 is 14.7 Å². The molecule has 11 nitrogen and oxygen atoms in total. The number of hydroxylamine groups is 2. The normalized spacial score (nSPS) is 19.7. The number of alkyl halides is 3. The van der Waals surface area contributed by atoms with Crippen molar-refractivity contribution < 1.29 is 47.7 Å². The maximum Gasteiger partial charge on any atom is 0.416 e. The molecule has 5 rings (SSSR count). The number of aliphatic imine (C=N–C) groups is 1. The molecular formula is C33H35F3N4O7. The van der Waals surface area contributed by atoms with Crippen molar-refractivity contribution in [2.24, 2.45) is 4.99 Å². The number of anilines is 1. The number of hydrogen-bond acceptors (Lipinski definition) is 9. The summed E-state index contributed by atoms with van der Waals surface area (Å²) in [6, 6.07) is 15.8. The van der Waals surface area contributed by atoms with Crippen LogP contribution in [0.3, 0.4) is 0 Å². The van der Waals surface area contributed by atoms with Gasteiger partial charge in [-0.25, -0.2) is 4.79 Å². The van der Waals surface area contributed by atoms with Gasteiger partial charge in [-0.1, -0.05) is 35.0 Å². The van der Waals surface area contributed by atoms with Gasteiger partial charge in [0.05, 0.1) is 30.8 Å². The Kier molecular flexibility index (Phi) is 9.31. The number of rotatable bonds is 11. The van der Waals surface area contributed by atoms with E-state index in [1.54, 1.807) is 26.0 Å². The Morgan fingerprint density at radius 2 is 1.70 bits per heavy atom. The molecule has 2 unspecified atom stereocenters. The van der Waals surface area contributed by atoms with Gasteiger partial charge in [0, 0.05) is 43.8 Å². The summed E-state index contributed by atoms with van der Waals surface area (Å²) in [5.74, 6) is -4.46. The van der Waals surface area contributed by atoms with Crippen LogP contribution in [0, 0.1) is 0 Å². The fraction of sp³-hybridized carbons (Fsp3) is 0.394. The molecule has 1 fully saturated rings. The molecule has 0 aromatic heterocycles. The molecule has 0 spiro atoms. The Morgan fingerprint density at radius 1 is 1.00 bits per heavy atom. The smallest absolute Gasteiger partial charge is 0.416 e. The molecule has 2 aliphatic heterocycles.